The summed E-state index contributed by atoms with van der Waals surface area (Å²) in [6.07, 6.45) is 4.08. The van der Waals surface area contributed by atoms with Crippen LogP contribution in [0.4, 0.5) is 0 Å². The van der Waals surface area contributed by atoms with Crippen LogP contribution in [0.3, 0.4) is 0 Å². The largest absolute Gasteiger partial charge is 0.371 e. The number of nitrogens with zero attached hydrogens (tertiary/aromatic N) is 3. The van der Waals surface area contributed by atoms with Gasteiger partial charge in [0, 0.05) is 38.4 Å². The molecule has 0 aliphatic carbocycles. The van der Waals surface area contributed by atoms with Crippen LogP contribution in [0.2, 0.25) is 0 Å². The maximum absolute atomic E-state index is 5.85. The molecule has 5 heteroatoms. The van der Waals surface area contributed by atoms with Crippen molar-refractivity contribution in [1.82, 2.24) is 14.7 Å². The number of ether oxygens (including phenoxy) is 1. The lowest BCUT2D eigenvalue weighted by Gasteiger charge is -2.32. The fourth-order valence-electron chi connectivity index (χ4n) is 2.50. The highest BCUT2D eigenvalue weighted by Gasteiger charge is 2.22. The van der Waals surface area contributed by atoms with Crippen molar-refractivity contribution in [2.75, 3.05) is 19.7 Å². The van der Waals surface area contributed by atoms with Crippen LogP contribution >= 0.6 is 12.4 Å². The number of aromatic nitrogens is 2. The van der Waals surface area contributed by atoms with Crippen molar-refractivity contribution < 1.29 is 4.74 Å². The lowest BCUT2D eigenvalue weighted by molar-refractivity contribution is -0.0329. The maximum Gasteiger partial charge on any atom is 0.0982 e. The lowest BCUT2D eigenvalue weighted by Crippen LogP contribution is -2.37. The first-order valence-electron chi connectivity index (χ1n) is 6.68. The van der Waals surface area contributed by atoms with E-state index in [0.29, 0.717) is 0 Å². The summed E-state index contributed by atoms with van der Waals surface area (Å²) in [5, 5.41) is 4.22. The van der Waals surface area contributed by atoms with Crippen LogP contribution in [-0.4, -0.2) is 34.4 Å². The molecule has 1 saturated heterocycles. The van der Waals surface area contributed by atoms with Crippen molar-refractivity contribution in [3.8, 4) is 0 Å². The van der Waals surface area contributed by atoms with Crippen molar-refractivity contribution in [1.29, 1.82) is 0 Å². The second-order valence-corrected chi connectivity index (χ2v) is 5.03. The van der Waals surface area contributed by atoms with Gasteiger partial charge in [0.15, 0.2) is 0 Å². The molecule has 0 spiro atoms. The van der Waals surface area contributed by atoms with E-state index in [1.807, 2.05) is 24.1 Å². The van der Waals surface area contributed by atoms with E-state index in [1.54, 1.807) is 0 Å². The number of benzene rings is 1. The van der Waals surface area contributed by atoms with E-state index in [9.17, 15) is 0 Å². The number of rotatable bonds is 3. The fourth-order valence-corrected chi connectivity index (χ4v) is 2.50. The van der Waals surface area contributed by atoms with Gasteiger partial charge in [-0.2, -0.15) is 5.10 Å². The quantitative estimate of drug-likeness (QED) is 0.871. The number of hydrogen-bond acceptors (Lipinski definition) is 3. The molecule has 1 unspecified atom stereocenters. The van der Waals surface area contributed by atoms with Gasteiger partial charge in [-0.3, -0.25) is 9.58 Å². The Morgan fingerprint density at radius 3 is 2.80 bits per heavy atom. The molecule has 0 N–H and O–H groups in total. The Bertz CT molecular complexity index is 529. The molecule has 1 aromatic carbocycles. The highest BCUT2D eigenvalue weighted by molar-refractivity contribution is 5.85. The normalized spacial score (nSPS) is 19.6. The molecule has 1 atom stereocenters. The summed E-state index contributed by atoms with van der Waals surface area (Å²) in [5.74, 6) is 0. The maximum atomic E-state index is 5.85. The molecule has 0 radical (unpaired) electrons. The molecule has 2 aromatic rings. The Labute approximate surface area is 125 Å². The highest BCUT2D eigenvalue weighted by Crippen LogP contribution is 2.22. The number of hydrogen-bond donors (Lipinski definition) is 0. The van der Waals surface area contributed by atoms with E-state index in [0.717, 1.165) is 26.2 Å². The summed E-state index contributed by atoms with van der Waals surface area (Å²) in [6, 6.07) is 10.6. The van der Waals surface area contributed by atoms with Crippen LogP contribution in [0.5, 0.6) is 0 Å². The monoisotopic (exact) mass is 293 g/mol. The Hall–Kier alpha value is -1.36. The van der Waals surface area contributed by atoms with Gasteiger partial charge in [0.2, 0.25) is 0 Å². The van der Waals surface area contributed by atoms with Crippen LogP contribution in [0.1, 0.15) is 17.2 Å². The molecule has 20 heavy (non-hydrogen) atoms. The number of morpholine rings is 1. The SMILES string of the molecule is Cl.Cn1cc(C2CN(Cc3ccccc3)CCO2)cn1. The first-order chi connectivity index (χ1) is 9.31. The minimum absolute atomic E-state index is 0. The first-order valence-corrected chi connectivity index (χ1v) is 6.68. The average Bonchev–Trinajstić information content (AvgIpc) is 2.87. The second-order valence-electron chi connectivity index (χ2n) is 5.03. The van der Waals surface area contributed by atoms with Gasteiger partial charge in [-0.25, -0.2) is 0 Å². The highest BCUT2D eigenvalue weighted by atomic mass is 35.5. The number of halogens is 1. The standard InChI is InChI=1S/C15H19N3O.ClH/c1-17-11-14(9-16-17)15-12-18(7-8-19-15)10-13-5-3-2-4-6-13;/h2-6,9,11,15H,7-8,10,12H2,1H3;1H. The second kappa shape index (κ2) is 6.88. The van der Waals surface area contributed by atoms with Crippen LogP contribution in [-0.2, 0) is 18.3 Å². The first kappa shape index (κ1) is 15.0. The van der Waals surface area contributed by atoms with E-state index < -0.39 is 0 Å². The lowest BCUT2D eigenvalue weighted by atomic mass is 10.1. The van der Waals surface area contributed by atoms with Gasteiger partial charge in [-0.05, 0) is 5.56 Å². The third kappa shape index (κ3) is 3.60. The van der Waals surface area contributed by atoms with Crippen molar-refractivity contribution in [2.45, 2.75) is 12.6 Å². The van der Waals surface area contributed by atoms with E-state index in [2.05, 4.69) is 40.3 Å². The van der Waals surface area contributed by atoms with Gasteiger partial charge in [0.25, 0.3) is 0 Å². The zero-order chi connectivity index (χ0) is 13.1. The van der Waals surface area contributed by atoms with E-state index >= 15 is 0 Å². The minimum Gasteiger partial charge on any atom is -0.371 e. The van der Waals surface area contributed by atoms with Crippen molar-refractivity contribution in [2.24, 2.45) is 7.05 Å². The molecule has 3 rings (SSSR count). The third-order valence-electron chi connectivity index (χ3n) is 3.50. The summed E-state index contributed by atoms with van der Waals surface area (Å²) in [4.78, 5) is 2.44. The Morgan fingerprint density at radius 2 is 2.10 bits per heavy atom. The van der Waals surface area contributed by atoms with Crippen LogP contribution in [0, 0.1) is 0 Å². The molecular weight excluding hydrogens is 274 g/mol. The Kier molecular flexibility index (Phi) is 5.17. The molecule has 1 fully saturated rings. The van der Waals surface area contributed by atoms with Crippen LogP contribution in [0.25, 0.3) is 0 Å². The van der Waals surface area contributed by atoms with Crippen molar-refractivity contribution in [3.63, 3.8) is 0 Å². The summed E-state index contributed by atoms with van der Waals surface area (Å²) in [5.41, 5.74) is 2.52. The zero-order valence-corrected chi connectivity index (χ0v) is 12.4. The molecule has 2 heterocycles. The Balaban J connectivity index is 0.00000147. The summed E-state index contributed by atoms with van der Waals surface area (Å²) in [7, 11) is 1.94. The topological polar surface area (TPSA) is 30.3 Å². The molecule has 108 valence electrons. The molecule has 1 aliphatic rings. The predicted molar refractivity (Wildman–Crippen MR) is 80.9 cm³/mol. The van der Waals surface area contributed by atoms with Crippen molar-refractivity contribution in [3.05, 3.63) is 53.9 Å². The smallest absolute Gasteiger partial charge is 0.0982 e. The molecule has 1 aliphatic heterocycles. The van der Waals surface area contributed by atoms with Crippen LogP contribution < -0.4 is 0 Å². The van der Waals surface area contributed by atoms with Gasteiger partial charge < -0.3 is 4.74 Å². The summed E-state index contributed by atoms with van der Waals surface area (Å²) in [6.45, 7) is 3.69. The van der Waals surface area contributed by atoms with Crippen LogP contribution in [0.15, 0.2) is 42.7 Å². The fraction of sp³-hybridized carbons (Fsp3) is 0.400. The molecule has 0 bridgehead atoms. The van der Waals surface area contributed by atoms with E-state index in [4.69, 9.17) is 4.74 Å². The average molecular weight is 294 g/mol. The summed E-state index contributed by atoms with van der Waals surface area (Å²) >= 11 is 0. The Morgan fingerprint density at radius 1 is 1.30 bits per heavy atom. The molecule has 4 nitrogen and oxygen atoms in total. The van der Waals surface area contributed by atoms with Gasteiger partial charge in [-0.1, -0.05) is 30.3 Å². The van der Waals surface area contributed by atoms with E-state index in [-0.39, 0.29) is 18.5 Å². The van der Waals surface area contributed by atoms with Gasteiger partial charge >= 0.3 is 0 Å². The molecular formula is C15H20ClN3O. The summed E-state index contributed by atoms with van der Waals surface area (Å²) < 4.78 is 7.68. The molecule has 0 amide bonds. The molecule has 0 saturated carbocycles. The van der Waals surface area contributed by atoms with E-state index in [1.165, 1.54) is 11.1 Å². The third-order valence-corrected chi connectivity index (χ3v) is 3.50. The zero-order valence-electron chi connectivity index (χ0n) is 11.6. The predicted octanol–water partition coefficient (Wildman–Crippen LogP) is 2.42. The van der Waals surface area contributed by atoms with Gasteiger partial charge in [0.1, 0.15) is 0 Å². The van der Waals surface area contributed by atoms with Gasteiger partial charge in [0.05, 0.1) is 18.9 Å². The van der Waals surface area contributed by atoms with Crippen molar-refractivity contribution >= 4 is 12.4 Å². The number of aryl methyl sites for hydroxylation is 1. The minimum atomic E-state index is 0. The molecule has 1 aromatic heterocycles. The van der Waals surface area contributed by atoms with Gasteiger partial charge in [-0.15, -0.1) is 12.4 Å².